The molecule has 1 saturated carbocycles. The van der Waals surface area contributed by atoms with Gasteiger partial charge in [-0.1, -0.05) is 5.16 Å². The van der Waals surface area contributed by atoms with Crippen molar-refractivity contribution in [1.82, 2.24) is 15.5 Å². The fraction of sp³-hybridized carbons (Fsp3) is 0.833. The quantitative estimate of drug-likeness (QED) is 0.919. The van der Waals surface area contributed by atoms with Crippen molar-refractivity contribution in [3.8, 4) is 0 Å². The van der Waals surface area contributed by atoms with Crippen molar-refractivity contribution in [2.75, 3.05) is 13.6 Å². The molecule has 1 N–H and O–H groups in total. The molecular weight excluding hydrogens is 259 g/mol. The average molecular weight is 277 g/mol. The van der Waals surface area contributed by atoms with Crippen LogP contribution in [-0.4, -0.2) is 29.9 Å². The first-order chi connectivity index (χ1) is 9.00. The lowest BCUT2D eigenvalue weighted by molar-refractivity contribution is -0.182. The van der Waals surface area contributed by atoms with Crippen molar-refractivity contribution in [3.63, 3.8) is 0 Å². The fourth-order valence-electron chi connectivity index (χ4n) is 2.44. The van der Waals surface area contributed by atoms with Gasteiger partial charge in [0.05, 0.1) is 5.92 Å². The van der Waals surface area contributed by atoms with Gasteiger partial charge in [-0.25, -0.2) is 0 Å². The van der Waals surface area contributed by atoms with Gasteiger partial charge in [0, 0.05) is 18.9 Å². The molecular formula is C12H18F3N3O. The molecule has 108 valence electrons. The number of nitrogens with one attached hydrogen (secondary N) is 1. The van der Waals surface area contributed by atoms with Crippen LogP contribution in [0.15, 0.2) is 4.52 Å². The van der Waals surface area contributed by atoms with Crippen LogP contribution in [0.4, 0.5) is 13.2 Å². The standard InChI is InChI=1S/C12H18F3N3O/c1-16-7-6-10-17-11(19-18-10)8-2-4-9(5-3-8)12(13,14)15/h8-9,16H,2-7H2,1H3. The van der Waals surface area contributed by atoms with Gasteiger partial charge in [0.2, 0.25) is 5.89 Å². The van der Waals surface area contributed by atoms with E-state index < -0.39 is 12.1 Å². The molecule has 0 spiro atoms. The maximum absolute atomic E-state index is 12.6. The average Bonchev–Trinajstić information content (AvgIpc) is 2.84. The minimum Gasteiger partial charge on any atom is -0.339 e. The van der Waals surface area contributed by atoms with Gasteiger partial charge in [0.15, 0.2) is 5.82 Å². The number of hydrogen-bond donors (Lipinski definition) is 1. The van der Waals surface area contributed by atoms with E-state index in [0.717, 1.165) is 6.54 Å². The van der Waals surface area contributed by atoms with Crippen molar-refractivity contribution in [2.45, 2.75) is 44.2 Å². The summed E-state index contributed by atoms with van der Waals surface area (Å²) in [6.45, 7) is 0.750. The minimum atomic E-state index is -4.07. The van der Waals surface area contributed by atoms with E-state index in [1.165, 1.54) is 0 Å². The smallest absolute Gasteiger partial charge is 0.339 e. The second-order valence-corrected chi connectivity index (χ2v) is 4.99. The van der Waals surface area contributed by atoms with E-state index in [1.54, 1.807) is 0 Å². The Balaban J connectivity index is 1.89. The van der Waals surface area contributed by atoms with Crippen LogP contribution >= 0.6 is 0 Å². The van der Waals surface area contributed by atoms with Crippen molar-refractivity contribution in [1.29, 1.82) is 0 Å². The summed E-state index contributed by atoms with van der Waals surface area (Å²) >= 11 is 0. The Morgan fingerprint density at radius 2 is 1.95 bits per heavy atom. The molecule has 1 aliphatic rings. The van der Waals surface area contributed by atoms with Crippen molar-refractivity contribution in [3.05, 3.63) is 11.7 Å². The number of halogens is 3. The molecule has 7 heteroatoms. The van der Waals surface area contributed by atoms with Crippen LogP contribution in [-0.2, 0) is 6.42 Å². The molecule has 0 bridgehead atoms. The molecule has 0 aromatic carbocycles. The SMILES string of the molecule is CNCCc1noc(C2CCC(C(F)(F)F)CC2)n1. The van der Waals surface area contributed by atoms with E-state index in [-0.39, 0.29) is 18.8 Å². The lowest BCUT2D eigenvalue weighted by Crippen LogP contribution is -2.27. The Morgan fingerprint density at radius 1 is 1.26 bits per heavy atom. The third-order valence-electron chi connectivity index (χ3n) is 3.62. The molecule has 19 heavy (non-hydrogen) atoms. The van der Waals surface area contributed by atoms with E-state index in [4.69, 9.17) is 4.52 Å². The van der Waals surface area contributed by atoms with Crippen LogP contribution in [0.2, 0.25) is 0 Å². The van der Waals surface area contributed by atoms with E-state index in [2.05, 4.69) is 15.5 Å². The molecule has 2 rings (SSSR count). The van der Waals surface area contributed by atoms with E-state index in [9.17, 15) is 13.2 Å². The summed E-state index contributed by atoms with van der Waals surface area (Å²) in [6.07, 6.45) is -2.16. The topological polar surface area (TPSA) is 51.0 Å². The summed E-state index contributed by atoms with van der Waals surface area (Å²) in [4.78, 5) is 4.26. The van der Waals surface area contributed by atoms with Gasteiger partial charge >= 0.3 is 6.18 Å². The number of likely N-dealkylation sites (N-methyl/N-ethyl adjacent to an activating group) is 1. The Labute approximate surface area is 109 Å². The number of hydrogen-bond acceptors (Lipinski definition) is 4. The fourth-order valence-corrected chi connectivity index (χ4v) is 2.44. The first kappa shape index (κ1) is 14.3. The highest BCUT2D eigenvalue weighted by Crippen LogP contribution is 2.42. The zero-order valence-electron chi connectivity index (χ0n) is 10.8. The lowest BCUT2D eigenvalue weighted by atomic mass is 9.81. The maximum Gasteiger partial charge on any atom is 0.391 e. The first-order valence-corrected chi connectivity index (χ1v) is 6.54. The van der Waals surface area contributed by atoms with Crippen LogP contribution in [0, 0.1) is 5.92 Å². The highest BCUT2D eigenvalue weighted by atomic mass is 19.4. The van der Waals surface area contributed by atoms with E-state index in [0.29, 0.717) is 31.0 Å². The number of rotatable bonds is 4. The monoisotopic (exact) mass is 277 g/mol. The summed E-state index contributed by atoms with van der Waals surface area (Å²) in [6, 6.07) is 0. The molecule has 1 aliphatic carbocycles. The van der Waals surface area contributed by atoms with Gasteiger partial charge in [-0.15, -0.1) is 0 Å². The number of alkyl halides is 3. The van der Waals surface area contributed by atoms with Crippen LogP contribution in [0.5, 0.6) is 0 Å². The Hall–Kier alpha value is -1.11. The molecule has 4 nitrogen and oxygen atoms in total. The van der Waals surface area contributed by atoms with Gasteiger partial charge in [-0.3, -0.25) is 0 Å². The molecule has 1 heterocycles. The third kappa shape index (κ3) is 3.68. The number of aromatic nitrogens is 2. The van der Waals surface area contributed by atoms with Gasteiger partial charge in [0.1, 0.15) is 0 Å². The molecule has 0 unspecified atom stereocenters. The predicted octanol–water partition coefficient (Wildman–Crippen LogP) is 2.67. The van der Waals surface area contributed by atoms with Gasteiger partial charge in [0.25, 0.3) is 0 Å². The second-order valence-electron chi connectivity index (χ2n) is 4.99. The number of nitrogens with zero attached hydrogens (tertiary/aromatic N) is 2. The summed E-state index contributed by atoms with van der Waals surface area (Å²) in [5.74, 6) is -0.0844. The second kappa shape index (κ2) is 5.90. The van der Waals surface area contributed by atoms with Gasteiger partial charge in [-0.2, -0.15) is 18.2 Å². The van der Waals surface area contributed by atoms with Crippen molar-refractivity contribution < 1.29 is 17.7 Å². The van der Waals surface area contributed by atoms with Crippen LogP contribution < -0.4 is 5.32 Å². The van der Waals surface area contributed by atoms with Gasteiger partial charge in [-0.05, 0) is 32.7 Å². The van der Waals surface area contributed by atoms with Crippen LogP contribution in [0.1, 0.15) is 43.3 Å². The van der Waals surface area contributed by atoms with Crippen molar-refractivity contribution >= 4 is 0 Å². The van der Waals surface area contributed by atoms with E-state index >= 15 is 0 Å². The normalized spacial score (nSPS) is 24.6. The zero-order valence-corrected chi connectivity index (χ0v) is 10.8. The highest BCUT2D eigenvalue weighted by Gasteiger charge is 2.42. The summed E-state index contributed by atoms with van der Waals surface area (Å²) < 4.78 is 42.8. The summed E-state index contributed by atoms with van der Waals surface area (Å²) in [5, 5.41) is 6.83. The molecule has 1 aromatic rings. The minimum absolute atomic E-state index is 0.0190. The Morgan fingerprint density at radius 3 is 2.53 bits per heavy atom. The van der Waals surface area contributed by atoms with Gasteiger partial charge < -0.3 is 9.84 Å². The first-order valence-electron chi connectivity index (χ1n) is 6.54. The zero-order chi connectivity index (χ0) is 13.9. The highest BCUT2D eigenvalue weighted by molar-refractivity contribution is 4.97. The third-order valence-corrected chi connectivity index (χ3v) is 3.62. The maximum atomic E-state index is 12.6. The lowest BCUT2D eigenvalue weighted by Gasteiger charge is -2.27. The van der Waals surface area contributed by atoms with Crippen LogP contribution in [0.3, 0.4) is 0 Å². The van der Waals surface area contributed by atoms with Crippen LogP contribution in [0.25, 0.3) is 0 Å². The van der Waals surface area contributed by atoms with Crippen molar-refractivity contribution in [2.24, 2.45) is 5.92 Å². The molecule has 0 saturated heterocycles. The molecule has 0 radical (unpaired) electrons. The molecule has 0 amide bonds. The largest absolute Gasteiger partial charge is 0.391 e. The molecule has 0 atom stereocenters. The Kier molecular flexibility index (Phi) is 4.44. The Bertz CT molecular complexity index is 397. The van der Waals surface area contributed by atoms with E-state index in [1.807, 2.05) is 7.05 Å². The summed E-state index contributed by atoms with van der Waals surface area (Å²) in [7, 11) is 1.83. The molecule has 1 aromatic heterocycles. The molecule has 1 fully saturated rings. The molecule has 0 aliphatic heterocycles. The summed E-state index contributed by atoms with van der Waals surface area (Å²) in [5.41, 5.74) is 0. The predicted molar refractivity (Wildman–Crippen MR) is 62.7 cm³/mol.